The molecule has 0 amide bonds. The van der Waals surface area contributed by atoms with Crippen LogP contribution in [0.5, 0.6) is 0 Å². The standard InChI is InChI=1S/C10H14F3NOS/c11-10(12,13)8-15-6-5-14-4-3-9-2-1-7-16-9/h1-2,7,14H,3-6,8H2. The van der Waals surface area contributed by atoms with E-state index in [1.807, 2.05) is 17.5 Å². The molecule has 2 nitrogen and oxygen atoms in total. The zero-order valence-electron chi connectivity index (χ0n) is 8.72. The molecule has 92 valence electrons. The molecule has 0 aliphatic rings. The summed E-state index contributed by atoms with van der Waals surface area (Å²) in [6, 6.07) is 4.01. The number of halogens is 3. The summed E-state index contributed by atoms with van der Waals surface area (Å²) in [6.45, 7) is 0.126. The number of rotatable bonds is 7. The molecule has 0 bridgehead atoms. The summed E-state index contributed by atoms with van der Waals surface area (Å²) in [5, 5.41) is 5.03. The van der Waals surface area contributed by atoms with Crippen LogP contribution in [0, 0.1) is 0 Å². The van der Waals surface area contributed by atoms with E-state index < -0.39 is 12.8 Å². The van der Waals surface area contributed by atoms with E-state index in [0.29, 0.717) is 6.54 Å². The van der Waals surface area contributed by atoms with Gasteiger partial charge in [-0.1, -0.05) is 6.07 Å². The van der Waals surface area contributed by atoms with E-state index in [2.05, 4.69) is 10.1 Å². The lowest BCUT2D eigenvalue weighted by Crippen LogP contribution is -2.25. The van der Waals surface area contributed by atoms with Crippen molar-refractivity contribution in [1.29, 1.82) is 0 Å². The van der Waals surface area contributed by atoms with Gasteiger partial charge in [0.25, 0.3) is 0 Å². The van der Waals surface area contributed by atoms with Gasteiger partial charge >= 0.3 is 6.18 Å². The first kappa shape index (κ1) is 13.5. The molecule has 0 aliphatic carbocycles. The topological polar surface area (TPSA) is 21.3 Å². The Bertz CT molecular complexity index is 274. The fourth-order valence-electron chi connectivity index (χ4n) is 1.12. The molecule has 0 fully saturated rings. The molecular formula is C10H14F3NOS. The van der Waals surface area contributed by atoms with Gasteiger partial charge in [-0.05, 0) is 17.9 Å². The molecule has 1 heterocycles. The first-order valence-electron chi connectivity index (χ1n) is 4.95. The van der Waals surface area contributed by atoms with Gasteiger partial charge in [0.15, 0.2) is 0 Å². The van der Waals surface area contributed by atoms with Crippen molar-refractivity contribution in [2.75, 3.05) is 26.3 Å². The highest BCUT2D eigenvalue weighted by atomic mass is 32.1. The average molecular weight is 253 g/mol. The molecule has 1 aromatic rings. The van der Waals surface area contributed by atoms with Crippen molar-refractivity contribution in [2.45, 2.75) is 12.6 Å². The summed E-state index contributed by atoms with van der Waals surface area (Å²) in [4.78, 5) is 1.27. The molecule has 0 aliphatic heterocycles. The second-order valence-corrected chi connectivity index (χ2v) is 4.28. The van der Waals surface area contributed by atoms with E-state index in [1.54, 1.807) is 11.3 Å². The first-order valence-corrected chi connectivity index (χ1v) is 5.83. The van der Waals surface area contributed by atoms with E-state index in [-0.39, 0.29) is 6.61 Å². The van der Waals surface area contributed by atoms with E-state index in [1.165, 1.54) is 4.88 Å². The molecule has 0 unspecified atom stereocenters. The molecule has 0 saturated carbocycles. The zero-order chi connectivity index (χ0) is 11.9. The molecule has 0 radical (unpaired) electrons. The van der Waals surface area contributed by atoms with Crippen LogP contribution in [0.1, 0.15) is 4.88 Å². The Balaban J connectivity index is 1.89. The average Bonchev–Trinajstić information content (AvgIpc) is 2.67. The highest BCUT2D eigenvalue weighted by molar-refractivity contribution is 7.09. The lowest BCUT2D eigenvalue weighted by Gasteiger charge is -2.08. The minimum absolute atomic E-state index is 0.0873. The molecule has 0 aromatic carbocycles. The van der Waals surface area contributed by atoms with Gasteiger partial charge in [0.05, 0.1) is 6.61 Å². The highest BCUT2D eigenvalue weighted by Crippen LogP contribution is 2.13. The van der Waals surface area contributed by atoms with Crippen molar-refractivity contribution in [1.82, 2.24) is 5.32 Å². The molecule has 1 rings (SSSR count). The largest absolute Gasteiger partial charge is 0.411 e. The second-order valence-electron chi connectivity index (χ2n) is 3.25. The van der Waals surface area contributed by atoms with Gasteiger partial charge in [-0.2, -0.15) is 13.2 Å². The van der Waals surface area contributed by atoms with Gasteiger partial charge in [-0.3, -0.25) is 0 Å². The third kappa shape index (κ3) is 6.81. The van der Waals surface area contributed by atoms with Gasteiger partial charge < -0.3 is 10.1 Å². The molecule has 0 atom stereocenters. The van der Waals surface area contributed by atoms with Crippen LogP contribution >= 0.6 is 11.3 Å². The van der Waals surface area contributed by atoms with Gasteiger partial charge in [-0.15, -0.1) is 11.3 Å². The van der Waals surface area contributed by atoms with Crippen molar-refractivity contribution in [3.05, 3.63) is 22.4 Å². The summed E-state index contributed by atoms with van der Waals surface area (Å²) < 4.78 is 39.5. The Morgan fingerprint density at radius 3 is 2.75 bits per heavy atom. The molecule has 6 heteroatoms. The summed E-state index contributed by atoms with van der Waals surface area (Å²) in [5.74, 6) is 0. The normalized spacial score (nSPS) is 11.9. The van der Waals surface area contributed by atoms with Crippen LogP contribution in [0.3, 0.4) is 0 Å². The van der Waals surface area contributed by atoms with Crippen LogP contribution in [-0.4, -0.2) is 32.5 Å². The molecule has 16 heavy (non-hydrogen) atoms. The Hall–Kier alpha value is -0.590. The van der Waals surface area contributed by atoms with Crippen molar-refractivity contribution in [3.8, 4) is 0 Å². The van der Waals surface area contributed by atoms with Crippen LogP contribution < -0.4 is 5.32 Å². The maximum absolute atomic E-state index is 11.7. The summed E-state index contributed by atoms with van der Waals surface area (Å²) in [6.07, 6.45) is -3.33. The number of hydrogen-bond donors (Lipinski definition) is 1. The van der Waals surface area contributed by atoms with Crippen molar-refractivity contribution in [3.63, 3.8) is 0 Å². The smallest absolute Gasteiger partial charge is 0.371 e. The third-order valence-electron chi connectivity index (χ3n) is 1.82. The maximum Gasteiger partial charge on any atom is 0.411 e. The van der Waals surface area contributed by atoms with E-state index >= 15 is 0 Å². The van der Waals surface area contributed by atoms with Crippen LogP contribution in [0.25, 0.3) is 0 Å². The minimum Gasteiger partial charge on any atom is -0.371 e. The predicted octanol–water partition coefficient (Wildman–Crippen LogP) is 2.46. The van der Waals surface area contributed by atoms with Crippen molar-refractivity contribution in [2.24, 2.45) is 0 Å². The SMILES string of the molecule is FC(F)(F)COCCNCCc1cccs1. The summed E-state index contributed by atoms with van der Waals surface area (Å²) >= 11 is 1.67. The number of ether oxygens (including phenoxy) is 1. The molecule has 0 spiro atoms. The van der Waals surface area contributed by atoms with Crippen LogP contribution in [0.4, 0.5) is 13.2 Å². The number of hydrogen-bond acceptors (Lipinski definition) is 3. The Labute approximate surface area is 96.4 Å². The Morgan fingerprint density at radius 2 is 2.12 bits per heavy atom. The van der Waals surface area contributed by atoms with Crippen LogP contribution in [-0.2, 0) is 11.2 Å². The fraction of sp³-hybridized carbons (Fsp3) is 0.600. The molecule has 1 aromatic heterocycles. The molecule has 1 N–H and O–H groups in total. The molecular weight excluding hydrogens is 239 g/mol. The maximum atomic E-state index is 11.7. The number of thiophene rings is 1. The molecule has 0 saturated heterocycles. The lowest BCUT2D eigenvalue weighted by atomic mass is 10.3. The van der Waals surface area contributed by atoms with E-state index in [9.17, 15) is 13.2 Å². The number of alkyl halides is 3. The quantitative estimate of drug-likeness (QED) is 0.754. The minimum atomic E-state index is -4.23. The van der Waals surface area contributed by atoms with Gasteiger partial charge in [0.1, 0.15) is 6.61 Å². The Morgan fingerprint density at radius 1 is 1.31 bits per heavy atom. The van der Waals surface area contributed by atoms with Crippen LogP contribution in [0.15, 0.2) is 17.5 Å². The predicted molar refractivity (Wildman–Crippen MR) is 57.8 cm³/mol. The Kier molecular flexibility index (Phi) is 5.79. The van der Waals surface area contributed by atoms with Gasteiger partial charge in [0, 0.05) is 18.0 Å². The summed E-state index contributed by atoms with van der Waals surface area (Å²) in [5.41, 5.74) is 0. The zero-order valence-corrected chi connectivity index (χ0v) is 9.53. The van der Waals surface area contributed by atoms with Crippen molar-refractivity contribution >= 4 is 11.3 Å². The summed E-state index contributed by atoms with van der Waals surface area (Å²) in [7, 11) is 0. The first-order chi connectivity index (χ1) is 7.58. The van der Waals surface area contributed by atoms with Gasteiger partial charge in [0.2, 0.25) is 0 Å². The highest BCUT2D eigenvalue weighted by Gasteiger charge is 2.27. The third-order valence-corrected chi connectivity index (χ3v) is 2.75. The van der Waals surface area contributed by atoms with E-state index in [0.717, 1.165) is 13.0 Å². The fourth-order valence-corrected chi connectivity index (χ4v) is 1.83. The monoisotopic (exact) mass is 253 g/mol. The second kappa shape index (κ2) is 6.88. The van der Waals surface area contributed by atoms with E-state index in [4.69, 9.17) is 0 Å². The van der Waals surface area contributed by atoms with Gasteiger partial charge in [-0.25, -0.2) is 0 Å². The lowest BCUT2D eigenvalue weighted by molar-refractivity contribution is -0.173. The van der Waals surface area contributed by atoms with Crippen molar-refractivity contribution < 1.29 is 17.9 Å². The number of nitrogens with one attached hydrogen (secondary N) is 1. The van der Waals surface area contributed by atoms with Crippen LogP contribution in [0.2, 0.25) is 0 Å².